The lowest BCUT2D eigenvalue weighted by Gasteiger charge is -2.34. The monoisotopic (exact) mass is 458 g/mol. The van der Waals surface area contributed by atoms with Crippen LogP contribution >= 0.6 is 15.9 Å². The van der Waals surface area contributed by atoms with E-state index in [1.54, 1.807) is 12.1 Å². The number of nitrogens with zero attached hydrogens (tertiary/aromatic N) is 2. The van der Waals surface area contributed by atoms with Gasteiger partial charge in [0.2, 0.25) is 11.8 Å². The van der Waals surface area contributed by atoms with Gasteiger partial charge in [-0.2, -0.15) is 0 Å². The van der Waals surface area contributed by atoms with Gasteiger partial charge in [-0.25, -0.2) is 4.79 Å². The Kier molecular flexibility index (Phi) is 6.53. The number of rotatable bonds is 4. The van der Waals surface area contributed by atoms with Gasteiger partial charge in [-0.1, -0.05) is 34.1 Å². The summed E-state index contributed by atoms with van der Waals surface area (Å²) in [6, 6.07) is 12.7. The van der Waals surface area contributed by atoms with E-state index in [-0.39, 0.29) is 30.9 Å². The average Bonchev–Trinajstić information content (AvgIpc) is 2.68. The van der Waals surface area contributed by atoms with Gasteiger partial charge in [-0.05, 0) is 49.2 Å². The molecule has 0 saturated carbocycles. The maximum Gasteiger partial charge on any atom is 0.322 e. The van der Waals surface area contributed by atoms with Gasteiger partial charge in [-0.3, -0.25) is 9.59 Å². The minimum Gasteiger partial charge on any atom is -0.330 e. The van der Waals surface area contributed by atoms with E-state index in [1.807, 2.05) is 44.2 Å². The van der Waals surface area contributed by atoms with Crippen molar-refractivity contribution in [2.75, 3.05) is 36.8 Å². The Bertz CT molecular complexity index is 910. The molecule has 1 saturated heterocycles. The first-order valence-corrected chi connectivity index (χ1v) is 10.1. The highest BCUT2D eigenvalue weighted by atomic mass is 79.9. The number of carbonyl (C=O) groups is 3. The molecule has 1 fully saturated rings. The zero-order valence-corrected chi connectivity index (χ0v) is 18.0. The number of piperazine rings is 1. The van der Waals surface area contributed by atoms with Gasteiger partial charge in [0.15, 0.2) is 0 Å². The highest BCUT2D eigenvalue weighted by molar-refractivity contribution is 9.10. The van der Waals surface area contributed by atoms with Crippen LogP contribution in [0, 0.1) is 13.8 Å². The molecule has 1 heterocycles. The summed E-state index contributed by atoms with van der Waals surface area (Å²) in [6.45, 7) is 4.44. The number of carbonyl (C=O) groups excluding carboxylic acids is 3. The lowest BCUT2D eigenvalue weighted by molar-refractivity contribution is -0.137. The molecule has 8 heteroatoms. The first kappa shape index (κ1) is 20.9. The fourth-order valence-corrected chi connectivity index (χ4v) is 3.41. The average molecular weight is 459 g/mol. The van der Waals surface area contributed by atoms with E-state index in [2.05, 4.69) is 26.6 Å². The third-order valence-corrected chi connectivity index (χ3v) is 5.31. The van der Waals surface area contributed by atoms with Crippen molar-refractivity contribution in [2.45, 2.75) is 13.8 Å². The molecule has 0 spiro atoms. The first-order valence-electron chi connectivity index (χ1n) is 9.29. The van der Waals surface area contributed by atoms with Crippen molar-refractivity contribution in [1.82, 2.24) is 9.80 Å². The minimum absolute atomic E-state index is 0.0330. The Balaban J connectivity index is 1.53. The smallest absolute Gasteiger partial charge is 0.322 e. The van der Waals surface area contributed by atoms with Crippen LogP contribution in [0.4, 0.5) is 16.2 Å². The molecule has 4 amide bonds. The van der Waals surface area contributed by atoms with E-state index < -0.39 is 0 Å². The number of halogens is 1. The number of hydrogen-bond donors (Lipinski definition) is 2. The summed E-state index contributed by atoms with van der Waals surface area (Å²) in [7, 11) is 0. The Morgan fingerprint density at radius 2 is 1.66 bits per heavy atom. The van der Waals surface area contributed by atoms with Gasteiger partial charge >= 0.3 is 6.03 Å². The van der Waals surface area contributed by atoms with Gasteiger partial charge in [0.05, 0.1) is 6.54 Å². The molecule has 0 atom stereocenters. The van der Waals surface area contributed by atoms with Crippen LogP contribution in [0.5, 0.6) is 0 Å². The number of hydrogen-bond acceptors (Lipinski definition) is 3. The van der Waals surface area contributed by atoms with Gasteiger partial charge in [0, 0.05) is 28.9 Å². The van der Waals surface area contributed by atoms with E-state index in [1.165, 1.54) is 9.80 Å². The Morgan fingerprint density at radius 3 is 2.28 bits per heavy atom. The summed E-state index contributed by atoms with van der Waals surface area (Å²) in [4.78, 5) is 40.2. The molecule has 0 unspecified atom stereocenters. The number of amides is 4. The third-order valence-electron chi connectivity index (χ3n) is 4.78. The third kappa shape index (κ3) is 5.35. The summed E-state index contributed by atoms with van der Waals surface area (Å²) in [5.41, 5.74) is 3.37. The maximum absolute atomic E-state index is 12.4. The zero-order chi connectivity index (χ0) is 21.0. The fourth-order valence-electron chi connectivity index (χ4n) is 3.15. The van der Waals surface area contributed by atoms with Crippen LogP contribution in [-0.4, -0.2) is 53.8 Å². The molecule has 0 bridgehead atoms. The highest BCUT2D eigenvalue weighted by Crippen LogP contribution is 2.19. The molecule has 7 nitrogen and oxygen atoms in total. The summed E-state index contributed by atoms with van der Waals surface area (Å²) < 4.78 is 0.915. The lowest BCUT2D eigenvalue weighted by atomic mass is 10.1. The topological polar surface area (TPSA) is 81.8 Å². The van der Waals surface area contributed by atoms with Crippen LogP contribution in [-0.2, 0) is 9.59 Å². The van der Waals surface area contributed by atoms with Crippen molar-refractivity contribution >= 4 is 45.2 Å². The van der Waals surface area contributed by atoms with Gasteiger partial charge in [-0.15, -0.1) is 0 Å². The lowest BCUT2D eigenvalue weighted by Crippen LogP contribution is -2.54. The van der Waals surface area contributed by atoms with Crippen LogP contribution in [0.2, 0.25) is 0 Å². The van der Waals surface area contributed by atoms with Crippen LogP contribution in [0.25, 0.3) is 0 Å². The van der Waals surface area contributed by atoms with Crippen LogP contribution in [0.1, 0.15) is 11.1 Å². The highest BCUT2D eigenvalue weighted by Gasteiger charge is 2.28. The standard InChI is InChI=1S/C21H23BrN4O3/c1-14-4-3-5-15(2)20(14)24-18(27)12-25-10-11-26(13-19(25)28)21(29)23-17-8-6-16(22)7-9-17/h3-9H,10-13H2,1-2H3,(H,23,29)(H,24,27). The molecule has 0 radical (unpaired) electrons. The maximum atomic E-state index is 12.4. The van der Waals surface area contributed by atoms with E-state index in [9.17, 15) is 14.4 Å². The summed E-state index contributed by atoms with van der Waals surface area (Å²) >= 11 is 3.34. The molecule has 2 aromatic rings. The van der Waals surface area contributed by atoms with Gasteiger partial charge in [0.25, 0.3) is 0 Å². The van der Waals surface area contributed by atoms with Crippen LogP contribution in [0.15, 0.2) is 46.9 Å². The second-order valence-corrected chi connectivity index (χ2v) is 7.90. The van der Waals surface area contributed by atoms with Crippen molar-refractivity contribution in [2.24, 2.45) is 0 Å². The van der Waals surface area contributed by atoms with E-state index in [0.29, 0.717) is 18.8 Å². The second-order valence-electron chi connectivity index (χ2n) is 6.99. The minimum atomic E-state index is -0.333. The van der Waals surface area contributed by atoms with Crippen LogP contribution in [0.3, 0.4) is 0 Å². The zero-order valence-electron chi connectivity index (χ0n) is 16.4. The van der Waals surface area contributed by atoms with Crippen molar-refractivity contribution in [1.29, 1.82) is 0 Å². The van der Waals surface area contributed by atoms with Crippen LogP contribution < -0.4 is 10.6 Å². The van der Waals surface area contributed by atoms with E-state index in [0.717, 1.165) is 21.3 Å². The summed E-state index contributed by atoms with van der Waals surface area (Å²) in [5.74, 6) is -0.498. The van der Waals surface area contributed by atoms with E-state index in [4.69, 9.17) is 0 Å². The molecule has 29 heavy (non-hydrogen) atoms. The number of nitrogens with one attached hydrogen (secondary N) is 2. The first-order chi connectivity index (χ1) is 13.8. The molecular formula is C21H23BrN4O3. The molecule has 152 valence electrons. The number of para-hydroxylation sites is 1. The van der Waals surface area contributed by atoms with Gasteiger partial charge in [0.1, 0.15) is 6.54 Å². The number of benzene rings is 2. The van der Waals surface area contributed by atoms with Crippen molar-refractivity contribution in [3.8, 4) is 0 Å². The summed E-state index contributed by atoms with van der Waals surface area (Å²) in [5, 5.41) is 5.66. The van der Waals surface area contributed by atoms with Crippen molar-refractivity contribution in [3.05, 3.63) is 58.1 Å². The fraction of sp³-hybridized carbons (Fsp3) is 0.286. The quantitative estimate of drug-likeness (QED) is 0.736. The summed E-state index contributed by atoms with van der Waals surface area (Å²) in [6.07, 6.45) is 0. The normalized spacial score (nSPS) is 14.0. The Morgan fingerprint density at radius 1 is 1.00 bits per heavy atom. The SMILES string of the molecule is Cc1cccc(C)c1NC(=O)CN1CCN(C(=O)Nc2ccc(Br)cc2)CC1=O. The van der Waals surface area contributed by atoms with E-state index >= 15 is 0 Å². The Labute approximate surface area is 178 Å². The molecule has 1 aliphatic heterocycles. The predicted molar refractivity (Wildman–Crippen MR) is 116 cm³/mol. The predicted octanol–water partition coefficient (Wildman–Crippen LogP) is 3.38. The van der Waals surface area contributed by atoms with Crippen molar-refractivity contribution < 1.29 is 14.4 Å². The molecule has 3 rings (SSSR count). The molecule has 0 aromatic heterocycles. The number of anilines is 2. The molecule has 2 N–H and O–H groups in total. The number of urea groups is 1. The second kappa shape index (κ2) is 9.09. The van der Waals surface area contributed by atoms with Crippen molar-refractivity contribution in [3.63, 3.8) is 0 Å². The molecule has 2 aromatic carbocycles. The number of aryl methyl sites for hydroxylation is 2. The molecule has 0 aliphatic carbocycles. The largest absolute Gasteiger partial charge is 0.330 e. The van der Waals surface area contributed by atoms with Gasteiger partial charge < -0.3 is 20.4 Å². The molecular weight excluding hydrogens is 436 g/mol. The Hall–Kier alpha value is -2.87. The molecule has 1 aliphatic rings.